The smallest absolute Gasteiger partial charge is 0.408 e. The number of nitrogens with two attached hydrogens (primary N) is 1. The molecular weight excluding hydrogens is 476 g/mol. The Kier molecular flexibility index (Phi) is 7.85. The lowest BCUT2D eigenvalue weighted by molar-refractivity contribution is -0.147. The lowest BCUT2D eigenvalue weighted by Gasteiger charge is -2.39. The quantitative estimate of drug-likeness (QED) is 0.398. The third-order valence-corrected chi connectivity index (χ3v) is 8.55. The van der Waals surface area contributed by atoms with E-state index in [0.717, 1.165) is 44.9 Å². The van der Waals surface area contributed by atoms with E-state index in [-0.39, 0.29) is 23.8 Å². The van der Waals surface area contributed by atoms with Gasteiger partial charge < -0.3 is 26.0 Å². The topological polar surface area (TPSA) is 148 Å². The molecule has 0 aromatic heterocycles. The largest absolute Gasteiger partial charge is 0.444 e. The number of rotatable bonds is 9. The zero-order valence-electron chi connectivity index (χ0n) is 22.5. The summed E-state index contributed by atoms with van der Waals surface area (Å²) in [5.74, 6) is -1.82. The van der Waals surface area contributed by atoms with Gasteiger partial charge in [0.15, 0.2) is 0 Å². The normalized spacial score (nSPS) is 30.2. The molecule has 3 aliphatic carbocycles. The van der Waals surface area contributed by atoms with Gasteiger partial charge in [-0.3, -0.25) is 19.2 Å². The number of amides is 4. The van der Waals surface area contributed by atoms with Crippen molar-refractivity contribution >= 4 is 29.6 Å². The number of carbonyl (C=O) groups is 5. The van der Waals surface area contributed by atoms with E-state index in [9.17, 15) is 24.0 Å². The van der Waals surface area contributed by atoms with Crippen LogP contribution in [-0.2, 0) is 23.9 Å². The standard InChI is InChI=1S/C27H42N4O6/c1-5-9-18(22(32)23(28)33)29-24(34)21-17-13-19(16-12-15(16)17)31(21)25(35)20(14-10-7-6-8-11-14)30-26(36)37-27(2,3)4/h14-21H,5-13H2,1-4H3,(H2,28,33)(H,29,34)(H,30,36)/t15?,16?,17?,18?,19?,20-,21?/m1/s1. The summed E-state index contributed by atoms with van der Waals surface area (Å²) < 4.78 is 5.48. The summed E-state index contributed by atoms with van der Waals surface area (Å²) in [6.07, 6.45) is 6.67. The van der Waals surface area contributed by atoms with Gasteiger partial charge in [-0.05, 0) is 76.5 Å². The summed E-state index contributed by atoms with van der Waals surface area (Å²) in [5, 5.41) is 5.61. The SMILES string of the molecule is CCCC(NC(=O)C1C2CC(C3CC32)N1C(=O)[C@H](NC(=O)OC(C)(C)C)C1CCCCC1)C(=O)C(N)=O. The first-order valence-corrected chi connectivity index (χ1v) is 13.9. The Morgan fingerprint density at radius 3 is 2.24 bits per heavy atom. The van der Waals surface area contributed by atoms with Gasteiger partial charge in [0.25, 0.3) is 5.91 Å². The Balaban J connectivity index is 1.57. The van der Waals surface area contributed by atoms with Crippen molar-refractivity contribution in [3.63, 3.8) is 0 Å². The molecule has 2 bridgehead atoms. The van der Waals surface area contributed by atoms with Crippen molar-refractivity contribution in [2.24, 2.45) is 29.4 Å². The molecule has 0 aromatic rings. The zero-order chi connectivity index (χ0) is 27.1. The fourth-order valence-electron chi connectivity index (χ4n) is 6.95. The number of hydrogen-bond acceptors (Lipinski definition) is 6. The first kappa shape index (κ1) is 27.4. The van der Waals surface area contributed by atoms with Gasteiger partial charge in [-0.15, -0.1) is 0 Å². The molecule has 1 aliphatic heterocycles. The maximum Gasteiger partial charge on any atom is 0.408 e. The van der Waals surface area contributed by atoms with Crippen molar-refractivity contribution in [2.75, 3.05) is 0 Å². The Labute approximate surface area is 218 Å². The van der Waals surface area contributed by atoms with Crippen molar-refractivity contribution in [1.82, 2.24) is 15.5 Å². The average Bonchev–Trinajstić information content (AvgIpc) is 3.44. The molecule has 0 radical (unpaired) electrons. The van der Waals surface area contributed by atoms with Gasteiger partial charge in [-0.25, -0.2) is 4.79 Å². The molecule has 10 nitrogen and oxygen atoms in total. The summed E-state index contributed by atoms with van der Waals surface area (Å²) >= 11 is 0. The Bertz CT molecular complexity index is 940. The van der Waals surface area contributed by atoms with Crippen LogP contribution in [0.2, 0.25) is 0 Å². The Morgan fingerprint density at radius 2 is 1.65 bits per heavy atom. The van der Waals surface area contributed by atoms with Crippen molar-refractivity contribution in [1.29, 1.82) is 0 Å². The first-order valence-electron chi connectivity index (χ1n) is 13.9. The van der Waals surface area contributed by atoms with Gasteiger partial charge in [0.1, 0.15) is 17.7 Å². The van der Waals surface area contributed by atoms with Crippen LogP contribution in [0.4, 0.5) is 4.79 Å². The summed E-state index contributed by atoms with van der Waals surface area (Å²) in [7, 11) is 0. The number of nitrogens with one attached hydrogen (secondary N) is 2. The van der Waals surface area contributed by atoms with Crippen LogP contribution in [0.5, 0.6) is 0 Å². The van der Waals surface area contributed by atoms with E-state index < -0.39 is 47.4 Å². The van der Waals surface area contributed by atoms with Gasteiger partial charge in [-0.1, -0.05) is 32.6 Å². The maximum absolute atomic E-state index is 14.2. The van der Waals surface area contributed by atoms with Crippen LogP contribution in [0.15, 0.2) is 0 Å². The molecule has 0 aromatic carbocycles. The molecule has 4 rings (SSSR count). The van der Waals surface area contributed by atoms with Crippen molar-refractivity contribution in [3.8, 4) is 0 Å². The Hall–Kier alpha value is -2.65. The molecule has 3 saturated carbocycles. The number of nitrogens with zero attached hydrogens (tertiary/aromatic N) is 1. The van der Waals surface area contributed by atoms with Crippen LogP contribution in [0.1, 0.15) is 85.5 Å². The number of hydrogen-bond donors (Lipinski definition) is 3. The molecule has 1 heterocycles. The second-order valence-electron chi connectivity index (χ2n) is 12.3. The molecule has 1 saturated heterocycles. The first-order chi connectivity index (χ1) is 17.4. The van der Waals surface area contributed by atoms with Gasteiger partial charge in [0.05, 0.1) is 6.04 Å². The highest BCUT2D eigenvalue weighted by Crippen LogP contribution is 2.63. The number of fused-ring (bicyclic) bond motifs is 5. The summed E-state index contributed by atoms with van der Waals surface area (Å²) in [5.41, 5.74) is 4.51. The molecule has 4 amide bonds. The van der Waals surface area contributed by atoms with E-state index in [1.165, 1.54) is 0 Å². The molecular formula is C27H42N4O6. The minimum absolute atomic E-state index is 0.0124. The van der Waals surface area contributed by atoms with Crippen LogP contribution >= 0.6 is 0 Å². The van der Waals surface area contributed by atoms with Gasteiger partial charge in [0.2, 0.25) is 17.6 Å². The fourth-order valence-corrected chi connectivity index (χ4v) is 6.95. The number of likely N-dealkylation sites (tertiary alicyclic amines) is 1. The van der Waals surface area contributed by atoms with E-state index in [0.29, 0.717) is 24.7 Å². The minimum Gasteiger partial charge on any atom is -0.444 e. The number of ether oxygens (including phenoxy) is 1. The van der Waals surface area contributed by atoms with Crippen molar-refractivity contribution in [2.45, 2.75) is 115 Å². The lowest BCUT2D eigenvalue weighted by Crippen LogP contribution is -2.61. The van der Waals surface area contributed by atoms with Crippen LogP contribution in [0.3, 0.4) is 0 Å². The second kappa shape index (κ2) is 10.6. The highest BCUT2D eigenvalue weighted by Gasteiger charge is 2.67. The van der Waals surface area contributed by atoms with Crippen molar-refractivity contribution < 1.29 is 28.7 Å². The minimum atomic E-state index is -1.08. The zero-order valence-corrected chi connectivity index (χ0v) is 22.5. The molecule has 7 atom stereocenters. The molecule has 206 valence electrons. The second-order valence-corrected chi connectivity index (χ2v) is 12.3. The van der Waals surface area contributed by atoms with Crippen molar-refractivity contribution in [3.05, 3.63) is 0 Å². The molecule has 0 spiro atoms. The van der Waals surface area contributed by atoms with Crippen LogP contribution in [-0.4, -0.2) is 64.3 Å². The average molecular weight is 519 g/mol. The highest BCUT2D eigenvalue weighted by molar-refractivity contribution is 6.37. The number of piperidine rings is 1. The number of ketones is 1. The van der Waals surface area contributed by atoms with Gasteiger partial charge in [-0.2, -0.15) is 0 Å². The predicted molar refractivity (Wildman–Crippen MR) is 135 cm³/mol. The molecule has 10 heteroatoms. The molecule has 4 aliphatic rings. The highest BCUT2D eigenvalue weighted by atomic mass is 16.6. The monoisotopic (exact) mass is 518 g/mol. The third-order valence-electron chi connectivity index (χ3n) is 8.55. The van der Waals surface area contributed by atoms with Gasteiger partial charge >= 0.3 is 6.09 Å². The summed E-state index contributed by atoms with van der Waals surface area (Å²) in [6, 6.07) is -2.56. The van der Waals surface area contributed by atoms with Gasteiger partial charge in [0, 0.05) is 6.04 Å². The molecule has 4 N–H and O–H groups in total. The number of alkyl carbamates (subject to hydrolysis) is 1. The predicted octanol–water partition coefficient (Wildman–Crippen LogP) is 2.03. The van der Waals surface area contributed by atoms with Crippen LogP contribution < -0.4 is 16.4 Å². The number of carbonyl (C=O) groups excluding carboxylic acids is 5. The lowest BCUT2D eigenvalue weighted by atomic mass is 9.83. The molecule has 37 heavy (non-hydrogen) atoms. The fraction of sp³-hybridized carbons (Fsp3) is 0.815. The van der Waals surface area contributed by atoms with E-state index >= 15 is 0 Å². The Morgan fingerprint density at radius 1 is 0.973 bits per heavy atom. The number of Topliss-reactive ketones (excluding diaryl/α,β-unsaturated/α-hetero) is 1. The molecule has 4 fully saturated rings. The van der Waals surface area contributed by atoms with E-state index in [1.54, 1.807) is 25.7 Å². The van der Waals surface area contributed by atoms with Crippen LogP contribution in [0, 0.1) is 23.7 Å². The molecule has 6 unspecified atom stereocenters. The number of primary amides is 1. The summed E-state index contributed by atoms with van der Waals surface area (Å²) in [6.45, 7) is 7.18. The maximum atomic E-state index is 14.2. The van der Waals surface area contributed by atoms with Crippen LogP contribution in [0.25, 0.3) is 0 Å². The van der Waals surface area contributed by atoms with E-state index in [2.05, 4.69) is 10.6 Å². The van der Waals surface area contributed by atoms with E-state index in [4.69, 9.17) is 10.5 Å². The van der Waals surface area contributed by atoms with E-state index in [1.807, 2.05) is 6.92 Å². The third kappa shape index (κ3) is 5.77. The summed E-state index contributed by atoms with van der Waals surface area (Å²) in [4.78, 5) is 66.2.